The SMILES string of the molecule is Cc1ccccc1CN1C(=O)[C@H]2N(C(=O)[C@@H](O)[C@H](Cc3ccccc3)NC(=O)CC(F)(F)F)CSC21C. The Morgan fingerprint density at radius 2 is 1.81 bits per heavy atom. The van der Waals surface area contributed by atoms with Gasteiger partial charge in [0.2, 0.25) is 11.8 Å². The number of hydrogen-bond acceptors (Lipinski definition) is 5. The zero-order valence-electron chi connectivity index (χ0n) is 20.4. The van der Waals surface area contributed by atoms with Crippen molar-refractivity contribution < 1.29 is 32.7 Å². The van der Waals surface area contributed by atoms with Gasteiger partial charge in [0.1, 0.15) is 17.3 Å². The highest BCUT2D eigenvalue weighted by molar-refractivity contribution is 8.01. The summed E-state index contributed by atoms with van der Waals surface area (Å²) >= 11 is 1.39. The summed E-state index contributed by atoms with van der Waals surface area (Å²) < 4.78 is 38.3. The Morgan fingerprint density at radius 1 is 1.16 bits per heavy atom. The molecule has 198 valence electrons. The van der Waals surface area contributed by atoms with Gasteiger partial charge >= 0.3 is 6.18 Å². The lowest BCUT2D eigenvalue weighted by atomic mass is 9.91. The quantitative estimate of drug-likeness (QED) is 0.508. The maximum Gasteiger partial charge on any atom is 0.397 e. The highest BCUT2D eigenvalue weighted by atomic mass is 32.2. The van der Waals surface area contributed by atoms with E-state index in [0.717, 1.165) is 11.1 Å². The third-order valence-electron chi connectivity index (χ3n) is 6.86. The molecule has 0 aliphatic carbocycles. The summed E-state index contributed by atoms with van der Waals surface area (Å²) in [6.45, 7) is 4.18. The van der Waals surface area contributed by atoms with E-state index in [2.05, 4.69) is 5.32 Å². The van der Waals surface area contributed by atoms with Crippen LogP contribution in [0.5, 0.6) is 0 Å². The molecule has 1 unspecified atom stereocenters. The smallest absolute Gasteiger partial charge is 0.381 e. The summed E-state index contributed by atoms with van der Waals surface area (Å²) in [5.41, 5.74) is 2.64. The lowest BCUT2D eigenvalue weighted by Crippen LogP contribution is -2.73. The standard InChI is InChI=1S/C26H28F3N3O4S/c1-16-8-6-7-11-18(16)14-32-24(36)22-25(32,2)37-15-31(22)23(35)21(34)19(12-17-9-4-3-5-10-17)30-20(33)13-26(27,28)29/h3-11,19,21-22,34H,12-15H2,1-2H3,(H,30,33)/t19-,21-,22+,25?/m0/s1. The largest absolute Gasteiger partial charge is 0.397 e. The Morgan fingerprint density at radius 3 is 2.46 bits per heavy atom. The highest BCUT2D eigenvalue weighted by Crippen LogP contribution is 2.51. The molecular weight excluding hydrogens is 507 g/mol. The first-order valence-electron chi connectivity index (χ1n) is 11.8. The molecule has 2 N–H and O–H groups in total. The number of amides is 3. The van der Waals surface area contributed by atoms with Gasteiger partial charge in [-0.2, -0.15) is 13.2 Å². The van der Waals surface area contributed by atoms with Crippen LogP contribution in [0.2, 0.25) is 0 Å². The molecule has 2 saturated heterocycles. The molecule has 0 bridgehead atoms. The first-order valence-corrected chi connectivity index (χ1v) is 12.8. The molecule has 0 saturated carbocycles. The molecule has 7 nitrogen and oxygen atoms in total. The predicted octanol–water partition coefficient (Wildman–Crippen LogP) is 3.00. The van der Waals surface area contributed by atoms with Crippen molar-refractivity contribution in [2.45, 2.75) is 62.5 Å². The van der Waals surface area contributed by atoms with Gasteiger partial charge in [-0.25, -0.2) is 0 Å². The number of aliphatic hydroxyl groups excluding tert-OH is 1. The Labute approximate surface area is 217 Å². The highest BCUT2D eigenvalue weighted by Gasteiger charge is 2.65. The fraction of sp³-hybridized carbons (Fsp3) is 0.423. The molecule has 2 aromatic rings. The third kappa shape index (κ3) is 5.62. The van der Waals surface area contributed by atoms with Gasteiger partial charge in [0.05, 0.1) is 11.9 Å². The van der Waals surface area contributed by atoms with E-state index < -0.39 is 47.5 Å². The Hall–Kier alpha value is -3.05. The number of nitrogens with one attached hydrogen (secondary N) is 1. The summed E-state index contributed by atoms with van der Waals surface area (Å²) in [6, 6.07) is 14.1. The van der Waals surface area contributed by atoms with Crippen LogP contribution in [-0.4, -0.2) is 67.7 Å². The van der Waals surface area contributed by atoms with Crippen molar-refractivity contribution in [2.24, 2.45) is 0 Å². The summed E-state index contributed by atoms with van der Waals surface area (Å²) in [5.74, 6) is -2.29. The van der Waals surface area contributed by atoms with Gasteiger partial charge in [-0.3, -0.25) is 14.4 Å². The number of alkyl halides is 3. The Bertz CT molecular complexity index is 1180. The molecule has 11 heteroatoms. The van der Waals surface area contributed by atoms with Crippen molar-refractivity contribution in [2.75, 3.05) is 5.88 Å². The van der Waals surface area contributed by atoms with Gasteiger partial charge in [-0.15, -0.1) is 11.8 Å². The lowest BCUT2D eigenvalue weighted by molar-refractivity contribution is -0.168. The molecule has 2 aliphatic heterocycles. The van der Waals surface area contributed by atoms with Crippen LogP contribution in [0.25, 0.3) is 0 Å². The average molecular weight is 536 g/mol. The molecule has 4 atom stereocenters. The van der Waals surface area contributed by atoms with Crippen molar-refractivity contribution in [1.82, 2.24) is 15.1 Å². The van der Waals surface area contributed by atoms with Gasteiger partial charge in [-0.1, -0.05) is 54.6 Å². The van der Waals surface area contributed by atoms with Crippen LogP contribution in [-0.2, 0) is 27.3 Å². The van der Waals surface area contributed by atoms with Gasteiger partial charge < -0.3 is 20.2 Å². The number of carbonyl (C=O) groups excluding carboxylic acids is 3. The first-order chi connectivity index (χ1) is 17.4. The van der Waals surface area contributed by atoms with Crippen LogP contribution in [0.4, 0.5) is 13.2 Å². The number of hydrogen-bond donors (Lipinski definition) is 2. The van der Waals surface area contributed by atoms with Crippen LogP contribution in [0.15, 0.2) is 54.6 Å². The monoisotopic (exact) mass is 535 g/mol. The lowest BCUT2D eigenvalue weighted by Gasteiger charge is -2.53. The molecule has 3 amide bonds. The van der Waals surface area contributed by atoms with E-state index in [1.54, 1.807) is 35.2 Å². The summed E-state index contributed by atoms with van der Waals surface area (Å²) in [4.78, 5) is 40.8. The van der Waals surface area contributed by atoms with E-state index in [1.165, 1.54) is 16.7 Å². The number of fused-ring (bicyclic) bond motifs is 1. The van der Waals surface area contributed by atoms with E-state index in [4.69, 9.17) is 0 Å². The molecular formula is C26H28F3N3O4S. The number of aliphatic hydroxyl groups is 1. The van der Waals surface area contributed by atoms with E-state index >= 15 is 0 Å². The second kappa shape index (κ2) is 10.4. The zero-order valence-corrected chi connectivity index (χ0v) is 21.2. The maximum atomic E-state index is 13.4. The molecule has 0 spiro atoms. The number of aryl methyl sites for hydroxylation is 1. The molecule has 2 aromatic carbocycles. The van der Waals surface area contributed by atoms with Crippen LogP contribution in [0.3, 0.4) is 0 Å². The molecule has 2 aliphatic rings. The second-order valence-corrected chi connectivity index (χ2v) is 10.9. The van der Waals surface area contributed by atoms with Crippen LogP contribution in [0.1, 0.15) is 30.0 Å². The van der Waals surface area contributed by atoms with Crippen molar-refractivity contribution in [3.8, 4) is 0 Å². The predicted molar refractivity (Wildman–Crippen MR) is 132 cm³/mol. The molecule has 2 fully saturated rings. The number of rotatable bonds is 8. The van der Waals surface area contributed by atoms with E-state index in [1.807, 2.05) is 38.1 Å². The van der Waals surface area contributed by atoms with Crippen LogP contribution in [0, 0.1) is 6.92 Å². The van der Waals surface area contributed by atoms with Crippen molar-refractivity contribution >= 4 is 29.5 Å². The summed E-state index contributed by atoms with van der Waals surface area (Å²) in [7, 11) is 0. The third-order valence-corrected chi connectivity index (χ3v) is 8.30. The first kappa shape index (κ1) is 27.0. The molecule has 4 rings (SSSR count). The summed E-state index contributed by atoms with van der Waals surface area (Å²) in [6.07, 6.45) is -8.36. The minimum Gasteiger partial charge on any atom is -0.381 e. The van der Waals surface area contributed by atoms with Crippen LogP contribution >= 0.6 is 11.8 Å². The fourth-order valence-corrected chi connectivity index (χ4v) is 6.18. The number of benzene rings is 2. The molecule has 37 heavy (non-hydrogen) atoms. The molecule has 0 aromatic heterocycles. The van der Waals surface area contributed by atoms with Crippen molar-refractivity contribution in [3.05, 3.63) is 71.3 Å². The second-order valence-electron chi connectivity index (χ2n) is 9.49. The number of thioether (sulfide) groups is 1. The number of nitrogens with zero attached hydrogens (tertiary/aromatic N) is 2. The van der Waals surface area contributed by atoms with Crippen LogP contribution < -0.4 is 5.32 Å². The number of halogens is 3. The van der Waals surface area contributed by atoms with Gasteiger partial charge in [0, 0.05) is 6.54 Å². The van der Waals surface area contributed by atoms with E-state index in [9.17, 15) is 32.7 Å². The fourth-order valence-electron chi connectivity index (χ4n) is 4.81. The van der Waals surface area contributed by atoms with Crippen molar-refractivity contribution in [1.29, 1.82) is 0 Å². The van der Waals surface area contributed by atoms with Gasteiger partial charge in [-0.05, 0) is 37.0 Å². The molecule has 2 heterocycles. The normalized spacial score (nSPS) is 22.8. The topological polar surface area (TPSA) is 90.0 Å². The number of carbonyl (C=O) groups is 3. The zero-order chi connectivity index (χ0) is 27.0. The number of β-lactam (4-membered cyclic amide) rings is 1. The number of likely N-dealkylation sites (tertiary alicyclic amines) is 1. The maximum absolute atomic E-state index is 13.4. The Balaban J connectivity index is 1.49. The van der Waals surface area contributed by atoms with Gasteiger partial charge in [0.15, 0.2) is 6.10 Å². The minimum absolute atomic E-state index is 0.0619. The summed E-state index contributed by atoms with van der Waals surface area (Å²) in [5, 5.41) is 13.1. The molecule has 0 radical (unpaired) electrons. The van der Waals surface area contributed by atoms with E-state index in [0.29, 0.717) is 12.1 Å². The van der Waals surface area contributed by atoms with Crippen molar-refractivity contribution in [3.63, 3.8) is 0 Å². The minimum atomic E-state index is -4.73. The Kier molecular flexibility index (Phi) is 7.57. The van der Waals surface area contributed by atoms with Gasteiger partial charge in [0.25, 0.3) is 5.91 Å². The van der Waals surface area contributed by atoms with E-state index in [-0.39, 0.29) is 18.2 Å². The average Bonchev–Trinajstić information content (AvgIpc) is 3.15.